The molecule has 0 saturated carbocycles. The Bertz CT molecular complexity index is 593. The normalized spacial score (nSPS) is 10.8. The first kappa shape index (κ1) is 14.8. The number of aromatic nitrogens is 3. The summed E-state index contributed by atoms with van der Waals surface area (Å²) in [6.45, 7) is 7.16. The Labute approximate surface area is 123 Å². The van der Waals surface area contributed by atoms with E-state index in [0.29, 0.717) is 10.9 Å². The zero-order valence-electron chi connectivity index (χ0n) is 12.1. The summed E-state index contributed by atoms with van der Waals surface area (Å²) in [5.74, 6) is 0.512. The summed E-state index contributed by atoms with van der Waals surface area (Å²) in [5, 5.41) is 0.642. The number of ketones is 1. The van der Waals surface area contributed by atoms with Crippen LogP contribution in [0.4, 0.5) is 0 Å². The Hall–Kier alpha value is -1.62. The van der Waals surface area contributed by atoms with Crippen molar-refractivity contribution >= 4 is 17.5 Å². The molecule has 106 valence electrons. The van der Waals surface area contributed by atoms with Gasteiger partial charge in [-0.15, -0.1) is 0 Å². The van der Waals surface area contributed by atoms with Gasteiger partial charge < -0.3 is 4.57 Å². The van der Waals surface area contributed by atoms with E-state index in [-0.39, 0.29) is 5.78 Å². The lowest BCUT2D eigenvalue weighted by molar-refractivity contribution is 0.102. The number of carbonyl (C=O) groups is 1. The highest BCUT2D eigenvalue weighted by molar-refractivity contribution is 7.99. The van der Waals surface area contributed by atoms with Crippen molar-refractivity contribution in [1.29, 1.82) is 0 Å². The number of thioether (sulfide) groups is 1. The average molecular weight is 289 g/mol. The molecule has 4 nitrogen and oxygen atoms in total. The van der Waals surface area contributed by atoms with Gasteiger partial charge in [0.1, 0.15) is 0 Å². The van der Waals surface area contributed by atoms with E-state index in [0.717, 1.165) is 29.9 Å². The van der Waals surface area contributed by atoms with E-state index in [2.05, 4.69) is 21.5 Å². The van der Waals surface area contributed by atoms with E-state index >= 15 is 0 Å². The van der Waals surface area contributed by atoms with Gasteiger partial charge in [0.15, 0.2) is 10.9 Å². The summed E-state index contributed by atoms with van der Waals surface area (Å²) in [7, 11) is 0. The molecule has 0 saturated heterocycles. The molecule has 0 aliphatic heterocycles. The minimum Gasteiger partial charge on any atom is -0.348 e. The molecule has 2 aromatic rings. The van der Waals surface area contributed by atoms with E-state index in [9.17, 15) is 4.79 Å². The lowest BCUT2D eigenvalue weighted by Gasteiger charge is -2.07. The van der Waals surface area contributed by atoms with Crippen molar-refractivity contribution in [3.63, 3.8) is 0 Å². The van der Waals surface area contributed by atoms with Crippen LogP contribution in [-0.2, 0) is 6.54 Å². The van der Waals surface area contributed by atoms with Gasteiger partial charge in [-0.05, 0) is 32.4 Å². The van der Waals surface area contributed by atoms with Gasteiger partial charge >= 0.3 is 0 Å². The van der Waals surface area contributed by atoms with Gasteiger partial charge in [0.05, 0.1) is 5.75 Å². The Kier molecular flexibility index (Phi) is 4.95. The predicted octanol–water partition coefficient (Wildman–Crippen LogP) is 3.28. The molecule has 0 N–H and O–H groups in total. The molecular weight excluding hydrogens is 270 g/mol. The molecule has 0 amide bonds. The summed E-state index contributed by atoms with van der Waals surface area (Å²) in [5.41, 5.74) is 3.02. The summed E-state index contributed by atoms with van der Waals surface area (Å²) in [6.07, 6.45) is 4.44. The monoisotopic (exact) mass is 289 g/mol. The van der Waals surface area contributed by atoms with Crippen LogP contribution in [-0.4, -0.2) is 26.1 Å². The van der Waals surface area contributed by atoms with Crippen molar-refractivity contribution in [3.05, 3.63) is 41.5 Å². The lowest BCUT2D eigenvalue weighted by atomic mass is 10.2. The fourth-order valence-corrected chi connectivity index (χ4v) is 2.91. The molecule has 0 atom stereocenters. The second kappa shape index (κ2) is 6.70. The maximum absolute atomic E-state index is 12.3. The van der Waals surface area contributed by atoms with Gasteiger partial charge in [-0.1, -0.05) is 18.7 Å². The van der Waals surface area contributed by atoms with Crippen LogP contribution in [0, 0.1) is 13.8 Å². The molecule has 0 aliphatic carbocycles. The van der Waals surface area contributed by atoms with Crippen molar-refractivity contribution < 1.29 is 4.79 Å². The van der Waals surface area contributed by atoms with E-state index in [1.54, 1.807) is 18.5 Å². The van der Waals surface area contributed by atoms with Crippen molar-refractivity contribution in [2.75, 3.05) is 5.75 Å². The average Bonchev–Trinajstić information content (AvgIpc) is 2.74. The molecule has 20 heavy (non-hydrogen) atoms. The number of hydrogen-bond donors (Lipinski definition) is 0. The number of aryl methyl sites for hydroxylation is 1. The lowest BCUT2D eigenvalue weighted by Crippen LogP contribution is -2.06. The SMILES string of the molecule is CCCn1c(C)cc(C(=O)CSc2ncccn2)c1C. The molecule has 0 fully saturated rings. The highest BCUT2D eigenvalue weighted by Gasteiger charge is 2.15. The predicted molar refractivity (Wildman–Crippen MR) is 81.3 cm³/mol. The van der Waals surface area contributed by atoms with Crippen LogP contribution in [0.15, 0.2) is 29.7 Å². The maximum Gasteiger partial charge on any atom is 0.187 e. The first-order chi connectivity index (χ1) is 9.63. The fourth-order valence-electron chi connectivity index (χ4n) is 2.22. The van der Waals surface area contributed by atoms with Gasteiger partial charge in [-0.25, -0.2) is 9.97 Å². The maximum atomic E-state index is 12.3. The van der Waals surface area contributed by atoms with Crippen LogP contribution in [0.25, 0.3) is 0 Å². The molecular formula is C15H19N3OS. The van der Waals surface area contributed by atoms with E-state index < -0.39 is 0 Å². The molecule has 0 radical (unpaired) electrons. The van der Waals surface area contributed by atoms with Crippen LogP contribution in [0.2, 0.25) is 0 Å². The van der Waals surface area contributed by atoms with Crippen LogP contribution in [0.3, 0.4) is 0 Å². The minimum absolute atomic E-state index is 0.137. The summed E-state index contributed by atoms with van der Waals surface area (Å²) in [6, 6.07) is 3.75. The number of hydrogen-bond acceptors (Lipinski definition) is 4. The Morgan fingerprint density at radius 3 is 2.65 bits per heavy atom. The smallest absolute Gasteiger partial charge is 0.187 e. The molecule has 0 aliphatic rings. The third kappa shape index (κ3) is 3.28. The summed E-state index contributed by atoms with van der Waals surface area (Å²) < 4.78 is 2.21. The zero-order chi connectivity index (χ0) is 14.5. The molecule has 2 rings (SSSR count). The summed E-state index contributed by atoms with van der Waals surface area (Å²) >= 11 is 1.38. The van der Waals surface area contributed by atoms with Gasteiger partial charge in [-0.2, -0.15) is 0 Å². The Morgan fingerprint density at radius 2 is 2.00 bits per heavy atom. The highest BCUT2D eigenvalue weighted by atomic mass is 32.2. The van der Waals surface area contributed by atoms with Gasteiger partial charge in [0, 0.05) is 35.9 Å². The first-order valence-electron chi connectivity index (χ1n) is 6.73. The third-order valence-corrected chi connectivity index (χ3v) is 4.07. The molecule has 0 spiro atoms. The second-order valence-electron chi connectivity index (χ2n) is 4.68. The van der Waals surface area contributed by atoms with Crippen LogP contribution >= 0.6 is 11.8 Å². The topological polar surface area (TPSA) is 47.8 Å². The molecule has 5 heteroatoms. The number of Topliss-reactive ketones (excluding diaryl/α,β-unsaturated/α-hetero) is 1. The van der Waals surface area contributed by atoms with E-state index in [1.807, 2.05) is 19.9 Å². The molecule has 0 aromatic carbocycles. The number of nitrogens with zero attached hydrogens (tertiary/aromatic N) is 3. The van der Waals surface area contributed by atoms with Crippen molar-refractivity contribution in [2.24, 2.45) is 0 Å². The van der Waals surface area contributed by atoms with Crippen molar-refractivity contribution in [3.8, 4) is 0 Å². The largest absolute Gasteiger partial charge is 0.348 e. The minimum atomic E-state index is 0.137. The van der Waals surface area contributed by atoms with Gasteiger partial charge in [-0.3, -0.25) is 4.79 Å². The van der Waals surface area contributed by atoms with Crippen molar-refractivity contribution in [2.45, 2.75) is 38.9 Å². The van der Waals surface area contributed by atoms with Crippen molar-refractivity contribution in [1.82, 2.24) is 14.5 Å². The standard InChI is InChI=1S/C15H19N3OS/c1-4-8-18-11(2)9-13(12(18)3)14(19)10-20-15-16-6-5-7-17-15/h5-7,9H,4,8,10H2,1-3H3. The van der Waals surface area contributed by atoms with Gasteiger partial charge in [0.2, 0.25) is 0 Å². The van der Waals surface area contributed by atoms with E-state index in [4.69, 9.17) is 0 Å². The highest BCUT2D eigenvalue weighted by Crippen LogP contribution is 2.19. The van der Waals surface area contributed by atoms with Crippen LogP contribution in [0.5, 0.6) is 0 Å². The second-order valence-corrected chi connectivity index (χ2v) is 5.62. The van der Waals surface area contributed by atoms with E-state index in [1.165, 1.54) is 11.8 Å². The van der Waals surface area contributed by atoms with Crippen LogP contribution < -0.4 is 0 Å². The zero-order valence-corrected chi connectivity index (χ0v) is 12.9. The molecule has 0 unspecified atom stereocenters. The fraction of sp³-hybridized carbons (Fsp3) is 0.400. The molecule has 0 bridgehead atoms. The Morgan fingerprint density at radius 1 is 1.30 bits per heavy atom. The first-order valence-corrected chi connectivity index (χ1v) is 7.71. The molecule has 2 heterocycles. The van der Waals surface area contributed by atoms with Crippen LogP contribution in [0.1, 0.15) is 35.1 Å². The third-order valence-electron chi connectivity index (χ3n) is 3.20. The van der Waals surface area contributed by atoms with Gasteiger partial charge in [0.25, 0.3) is 0 Å². The number of rotatable bonds is 6. The Balaban J connectivity index is 2.08. The quantitative estimate of drug-likeness (QED) is 0.465. The molecule has 2 aromatic heterocycles. The summed E-state index contributed by atoms with van der Waals surface area (Å²) in [4.78, 5) is 20.5. The number of carbonyl (C=O) groups excluding carboxylic acids is 1.